The van der Waals surface area contributed by atoms with Gasteiger partial charge in [0.2, 0.25) is 5.91 Å². The number of hydrogen-bond acceptors (Lipinski definition) is 3. The third kappa shape index (κ3) is 5.38. The zero-order valence-corrected chi connectivity index (χ0v) is 15.2. The summed E-state index contributed by atoms with van der Waals surface area (Å²) in [7, 11) is 3.20. The molecule has 1 atom stereocenters. The number of aryl methyl sites for hydroxylation is 1. The van der Waals surface area contributed by atoms with Crippen molar-refractivity contribution in [2.75, 3.05) is 14.2 Å². The van der Waals surface area contributed by atoms with Gasteiger partial charge in [-0.2, -0.15) is 0 Å². The van der Waals surface area contributed by atoms with E-state index in [0.29, 0.717) is 11.5 Å². The number of amides is 1. The lowest BCUT2D eigenvalue weighted by Gasteiger charge is -2.16. The Morgan fingerprint density at radius 1 is 1.08 bits per heavy atom. The van der Waals surface area contributed by atoms with Crippen LogP contribution in [0.25, 0.3) is 6.08 Å². The van der Waals surface area contributed by atoms with Crippen molar-refractivity contribution in [1.29, 1.82) is 0 Å². The predicted molar refractivity (Wildman–Crippen MR) is 101 cm³/mol. The van der Waals surface area contributed by atoms with Gasteiger partial charge in [-0.1, -0.05) is 36.8 Å². The van der Waals surface area contributed by atoms with Crippen molar-refractivity contribution in [2.45, 2.75) is 26.3 Å². The minimum atomic E-state index is -0.130. The zero-order chi connectivity index (χ0) is 18.2. The minimum absolute atomic E-state index is 0.00223. The van der Waals surface area contributed by atoms with Crippen molar-refractivity contribution >= 4 is 12.0 Å². The first kappa shape index (κ1) is 18.6. The molecule has 1 N–H and O–H groups in total. The number of ether oxygens (including phenoxy) is 2. The molecule has 1 amide bonds. The molecular weight excluding hydrogens is 314 g/mol. The van der Waals surface area contributed by atoms with Crippen LogP contribution in [0.15, 0.2) is 48.5 Å². The van der Waals surface area contributed by atoms with Crippen LogP contribution in [0.5, 0.6) is 11.5 Å². The van der Waals surface area contributed by atoms with E-state index in [0.717, 1.165) is 17.5 Å². The summed E-state index contributed by atoms with van der Waals surface area (Å²) in [6.45, 7) is 4.11. The van der Waals surface area contributed by atoms with Crippen LogP contribution in [0.1, 0.15) is 36.1 Å². The van der Waals surface area contributed by atoms with Crippen molar-refractivity contribution in [3.05, 3.63) is 65.2 Å². The Hall–Kier alpha value is -2.75. The van der Waals surface area contributed by atoms with Gasteiger partial charge < -0.3 is 14.8 Å². The highest BCUT2D eigenvalue weighted by Gasteiger charge is 2.10. The SMILES string of the molecule is CC[C@H](NC(=O)/C=C/c1cc(OC)cc(OC)c1)c1ccc(C)cc1. The van der Waals surface area contributed by atoms with Crippen LogP contribution in [-0.4, -0.2) is 20.1 Å². The van der Waals surface area contributed by atoms with Gasteiger partial charge in [0, 0.05) is 12.1 Å². The molecule has 4 heteroatoms. The fourth-order valence-corrected chi connectivity index (χ4v) is 2.54. The summed E-state index contributed by atoms with van der Waals surface area (Å²) in [5, 5.41) is 3.04. The Kier molecular flexibility index (Phi) is 6.63. The van der Waals surface area contributed by atoms with E-state index in [9.17, 15) is 4.79 Å². The van der Waals surface area contributed by atoms with E-state index in [4.69, 9.17) is 9.47 Å². The monoisotopic (exact) mass is 339 g/mol. The summed E-state index contributed by atoms with van der Waals surface area (Å²) in [4.78, 5) is 12.3. The summed E-state index contributed by atoms with van der Waals surface area (Å²) in [6.07, 6.45) is 4.11. The first-order chi connectivity index (χ1) is 12.0. The van der Waals surface area contributed by atoms with Crippen molar-refractivity contribution in [2.24, 2.45) is 0 Å². The van der Waals surface area contributed by atoms with Crippen LogP contribution < -0.4 is 14.8 Å². The van der Waals surface area contributed by atoms with Gasteiger partial charge in [-0.05, 0) is 42.7 Å². The maximum atomic E-state index is 12.3. The quantitative estimate of drug-likeness (QED) is 0.765. The fraction of sp³-hybridized carbons (Fsp3) is 0.286. The van der Waals surface area contributed by atoms with E-state index in [-0.39, 0.29) is 11.9 Å². The van der Waals surface area contributed by atoms with Gasteiger partial charge in [0.15, 0.2) is 0 Å². The standard InChI is InChI=1S/C21H25NO3/c1-5-20(17-9-6-15(2)7-10-17)22-21(23)11-8-16-12-18(24-3)14-19(13-16)25-4/h6-14,20H,5H2,1-4H3,(H,22,23)/b11-8+/t20-/m0/s1. The second-order valence-electron chi connectivity index (χ2n) is 5.86. The van der Waals surface area contributed by atoms with Crippen molar-refractivity contribution in [1.82, 2.24) is 5.32 Å². The molecule has 0 spiro atoms. The van der Waals surface area contributed by atoms with Crippen molar-refractivity contribution in [3.8, 4) is 11.5 Å². The summed E-state index contributed by atoms with van der Waals surface area (Å²) in [5.74, 6) is 1.24. The van der Waals surface area contributed by atoms with E-state index in [1.165, 1.54) is 11.6 Å². The average Bonchev–Trinajstić information content (AvgIpc) is 2.64. The molecule has 132 valence electrons. The number of rotatable bonds is 7. The molecule has 2 aromatic rings. The van der Waals surface area contributed by atoms with Gasteiger partial charge in [0.25, 0.3) is 0 Å². The lowest BCUT2D eigenvalue weighted by molar-refractivity contribution is -0.117. The summed E-state index contributed by atoms with van der Waals surface area (Å²) in [6, 6.07) is 13.7. The number of hydrogen-bond donors (Lipinski definition) is 1. The van der Waals surface area contributed by atoms with Crippen molar-refractivity contribution < 1.29 is 14.3 Å². The van der Waals surface area contributed by atoms with Crippen LogP contribution in [0, 0.1) is 6.92 Å². The Morgan fingerprint density at radius 2 is 1.68 bits per heavy atom. The van der Waals surface area contributed by atoms with Gasteiger partial charge >= 0.3 is 0 Å². The summed E-state index contributed by atoms with van der Waals surface area (Å²) in [5.41, 5.74) is 3.16. The topological polar surface area (TPSA) is 47.6 Å². The van der Waals surface area contributed by atoms with E-state index in [1.807, 2.05) is 12.1 Å². The molecule has 0 heterocycles. The summed E-state index contributed by atoms with van der Waals surface area (Å²) < 4.78 is 10.5. The summed E-state index contributed by atoms with van der Waals surface area (Å²) >= 11 is 0. The molecule has 0 radical (unpaired) electrons. The molecule has 0 saturated heterocycles. The van der Waals surface area contributed by atoms with Crippen LogP contribution in [0.2, 0.25) is 0 Å². The van der Waals surface area contributed by atoms with E-state index in [2.05, 4.69) is 43.4 Å². The molecule has 2 rings (SSSR count). The van der Waals surface area contributed by atoms with Crippen LogP contribution in [-0.2, 0) is 4.79 Å². The van der Waals surface area contributed by atoms with E-state index >= 15 is 0 Å². The average molecular weight is 339 g/mol. The van der Waals surface area contributed by atoms with Gasteiger partial charge in [-0.25, -0.2) is 0 Å². The van der Waals surface area contributed by atoms with Gasteiger partial charge in [-0.3, -0.25) is 4.79 Å². The van der Waals surface area contributed by atoms with Crippen LogP contribution in [0.4, 0.5) is 0 Å². The van der Waals surface area contributed by atoms with Crippen LogP contribution >= 0.6 is 0 Å². The lowest BCUT2D eigenvalue weighted by Crippen LogP contribution is -2.26. The maximum Gasteiger partial charge on any atom is 0.244 e. The molecule has 0 bridgehead atoms. The number of carbonyl (C=O) groups is 1. The second kappa shape index (κ2) is 8.92. The highest BCUT2D eigenvalue weighted by molar-refractivity contribution is 5.92. The Balaban J connectivity index is 2.07. The molecule has 0 aliphatic carbocycles. The molecule has 25 heavy (non-hydrogen) atoms. The maximum absolute atomic E-state index is 12.3. The predicted octanol–water partition coefficient (Wildman–Crippen LogP) is 4.29. The number of methoxy groups -OCH3 is 2. The lowest BCUT2D eigenvalue weighted by atomic mass is 10.0. The normalized spacial score (nSPS) is 12.0. The first-order valence-corrected chi connectivity index (χ1v) is 8.34. The number of nitrogens with one attached hydrogen (secondary N) is 1. The first-order valence-electron chi connectivity index (χ1n) is 8.34. The Morgan fingerprint density at radius 3 is 2.20 bits per heavy atom. The molecule has 4 nitrogen and oxygen atoms in total. The third-order valence-corrected chi connectivity index (χ3v) is 4.01. The largest absolute Gasteiger partial charge is 0.497 e. The van der Waals surface area contributed by atoms with E-state index in [1.54, 1.807) is 26.4 Å². The molecule has 0 fully saturated rings. The fourth-order valence-electron chi connectivity index (χ4n) is 2.54. The van der Waals surface area contributed by atoms with Gasteiger partial charge in [0.05, 0.1) is 20.3 Å². The van der Waals surface area contributed by atoms with E-state index < -0.39 is 0 Å². The smallest absolute Gasteiger partial charge is 0.244 e. The molecule has 0 aliphatic rings. The second-order valence-corrected chi connectivity index (χ2v) is 5.86. The third-order valence-electron chi connectivity index (χ3n) is 4.01. The highest BCUT2D eigenvalue weighted by atomic mass is 16.5. The number of carbonyl (C=O) groups excluding carboxylic acids is 1. The highest BCUT2D eigenvalue weighted by Crippen LogP contribution is 2.23. The number of benzene rings is 2. The van der Waals surface area contributed by atoms with Gasteiger partial charge in [0.1, 0.15) is 11.5 Å². The molecule has 0 saturated carbocycles. The van der Waals surface area contributed by atoms with Crippen molar-refractivity contribution in [3.63, 3.8) is 0 Å². The molecular formula is C21H25NO3. The molecule has 0 aliphatic heterocycles. The minimum Gasteiger partial charge on any atom is -0.497 e. The van der Waals surface area contributed by atoms with Crippen LogP contribution in [0.3, 0.4) is 0 Å². The molecule has 0 unspecified atom stereocenters. The molecule has 0 aromatic heterocycles. The van der Waals surface area contributed by atoms with Gasteiger partial charge in [-0.15, -0.1) is 0 Å². The molecule has 2 aromatic carbocycles. The Bertz CT molecular complexity index is 713. The Labute approximate surface area is 149 Å². The zero-order valence-electron chi connectivity index (χ0n) is 15.2.